The van der Waals surface area contributed by atoms with Gasteiger partial charge in [0, 0.05) is 19.5 Å². The van der Waals surface area contributed by atoms with Gasteiger partial charge in [-0.25, -0.2) is 0 Å². The summed E-state index contributed by atoms with van der Waals surface area (Å²) >= 11 is 0. The number of carbonyl (C=O) groups excluding carboxylic acids is 3. The summed E-state index contributed by atoms with van der Waals surface area (Å²) in [5.41, 5.74) is 0. The van der Waals surface area contributed by atoms with Crippen molar-refractivity contribution in [3.63, 3.8) is 0 Å². The second-order valence-corrected chi connectivity index (χ2v) is 5.87. The van der Waals surface area contributed by atoms with E-state index in [2.05, 4.69) is 5.32 Å². The Hall–Kier alpha value is -2.35. The number of likely N-dealkylation sites (tertiary alicyclic amines) is 1. The third-order valence-corrected chi connectivity index (χ3v) is 4.31. The average Bonchev–Trinajstić information content (AvgIpc) is 3.24. The number of rotatable bonds is 5. The SMILES string of the molecule is O=C(NCC(=O)N1CCOCC1)C1CCC(=O)N1Cc1ccco1. The van der Waals surface area contributed by atoms with Crippen LogP contribution in [0.2, 0.25) is 0 Å². The van der Waals surface area contributed by atoms with E-state index in [0.29, 0.717) is 44.9 Å². The van der Waals surface area contributed by atoms with Crippen LogP contribution in [0.25, 0.3) is 0 Å². The van der Waals surface area contributed by atoms with Gasteiger partial charge in [-0.2, -0.15) is 0 Å². The molecule has 130 valence electrons. The Morgan fingerprint density at radius 3 is 2.79 bits per heavy atom. The van der Waals surface area contributed by atoms with E-state index in [-0.39, 0.29) is 30.8 Å². The van der Waals surface area contributed by atoms with Crippen molar-refractivity contribution in [1.82, 2.24) is 15.1 Å². The smallest absolute Gasteiger partial charge is 0.243 e. The average molecular weight is 335 g/mol. The number of nitrogens with zero attached hydrogens (tertiary/aromatic N) is 2. The van der Waals surface area contributed by atoms with E-state index in [0.717, 1.165) is 0 Å². The Labute approximate surface area is 139 Å². The molecule has 8 heteroatoms. The molecule has 0 aliphatic carbocycles. The maximum atomic E-state index is 12.4. The second-order valence-electron chi connectivity index (χ2n) is 5.87. The molecule has 0 saturated carbocycles. The number of amides is 3. The Kier molecular flexibility index (Phi) is 5.14. The Balaban J connectivity index is 1.53. The van der Waals surface area contributed by atoms with Crippen molar-refractivity contribution in [2.24, 2.45) is 0 Å². The summed E-state index contributed by atoms with van der Waals surface area (Å²) in [5, 5.41) is 2.66. The van der Waals surface area contributed by atoms with Crippen molar-refractivity contribution in [3.05, 3.63) is 24.2 Å². The molecule has 1 unspecified atom stereocenters. The van der Waals surface area contributed by atoms with Crippen molar-refractivity contribution in [2.45, 2.75) is 25.4 Å². The molecule has 3 heterocycles. The van der Waals surface area contributed by atoms with Gasteiger partial charge in [-0.3, -0.25) is 14.4 Å². The van der Waals surface area contributed by atoms with Gasteiger partial charge >= 0.3 is 0 Å². The molecule has 24 heavy (non-hydrogen) atoms. The summed E-state index contributed by atoms with van der Waals surface area (Å²) in [5.74, 6) is 0.126. The highest BCUT2D eigenvalue weighted by Gasteiger charge is 2.36. The van der Waals surface area contributed by atoms with Crippen LogP contribution in [0, 0.1) is 0 Å². The molecule has 2 aliphatic heterocycles. The fourth-order valence-electron chi connectivity index (χ4n) is 2.98. The van der Waals surface area contributed by atoms with Crippen LogP contribution in [-0.2, 0) is 25.7 Å². The predicted molar refractivity (Wildman–Crippen MR) is 82.7 cm³/mol. The Morgan fingerprint density at radius 2 is 2.08 bits per heavy atom. The minimum Gasteiger partial charge on any atom is -0.467 e. The van der Waals surface area contributed by atoms with E-state index in [1.165, 1.54) is 11.2 Å². The number of furan rings is 1. The van der Waals surface area contributed by atoms with E-state index < -0.39 is 6.04 Å². The fraction of sp³-hybridized carbons (Fsp3) is 0.562. The van der Waals surface area contributed by atoms with E-state index in [1.807, 2.05) is 0 Å². The van der Waals surface area contributed by atoms with Gasteiger partial charge in [-0.1, -0.05) is 0 Å². The second kappa shape index (κ2) is 7.48. The van der Waals surface area contributed by atoms with E-state index in [9.17, 15) is 14.4 Å². The van der Waals surface area contributed by atoms with Crippen molar-refractivity contribution in [3.8, 4) is 0 Å². The van der Waals surface area contributed by atoms with Crippen LogP contribution < -0.4 is 5.32 Å². The summed E-state index contributed by atoms with van der Waals surface area (Å²) < 4.78 is 10.4. The van der Waals surface area contributed by atoms with Crippen LogP contribution in [0.5, 0.6) is 0 Å². The molecule has 1 N–H and O–H groups in total. The Bertz CT molecular complexity index is 595. The lowest BCUT2D eigenvalue weighted by Crippen LogP contribution is -2.49. The van der Waals surface area contributed by atoms with Crippen molar-refractivity contribution in [1.29, 1.82) is 0 Å². The fourth-order valence-corrected chi connectivity index (χ4v) is 2.98. The summed E-state index contributed by atoms with van der Waals surface area (Å²) in [6.45, 7) is 2.34. The predicted octanol–water partition coefficient (Wildman–Crippen LogP) is -0.254. The van der Waals surface area contributed by atoms with Crippen LogP contribution in [0.15, 0.2) is 22.8 Å². The van der Waals surface area contributed by atoms with Gasteiger partial charge in [0.2, 0.25) is 17.7 Å². The summed E-state index contributed by atoms with van der Waals surface area (Å²) in [4.78, 5) is 39.7. The number of carbonyl (C=O) groups is 3. The van der Waals surface area contributed by atoms with Crippen LogP contribution in [-0.4, -0.2) is 66.4 Å². The summed E-state index contributed by atoms with van der Waals surface area (Å²) in [6, 6.07) is 2.95. The molecule has 2 aliphatic rings. The highest BCUT2D eigenvalue weighted by Crippen LogP contribution is 2.21. The summed E-state index contributed by atoms with van der Waals surface area (Å²) in [7, 11) is 0. The first kappa shape index (κ1) is 16.5. The molecule has 0 radical (unpaired) electrons. The first-order valence-corrected chi connectivity index (χ1v) is 8.10. The first-order chi connectivity index (χ1) is 11.6. The maximum Gasteiger partial charge on any atom is 0.243 e. The number of morpholine rings is 1. The molecule has 1 aromatic rings. The quantitative estimate of drug-likeness (QED) is 0.801. The molecule has 8 nitrogen and oxygen atoms in total. The monoisotopic (exact) mass is 335 g/mol. The molecule has 3 amide bonds. The van der Waals surface area contributed by atoms with Gasteiger partial charge in [0.05, 0.1) is 32.6 Å². The number of ether oxygens (including phenoxy) is 1. The molecule has 3 rings (SSSR count). The van der Waals surface area contributed by atoms with Crippen LogP contribution in [0.3, 0.4) is 0 Å². The lowest BCUT2D eigenvalue weighted by Gasteiger charge is -2.27. The minimum absolute atomic E-state index is 0.0574. The van der Waals surface area contributed by atoms with Crippen molar-refractivity contribution >= 4 is 17.7 Å². The highest BCUT2D eigenvalue weighted by molar-refractivity contribution is 5.92. The number of nitrogens with one attached hydrogen (secondary N) is 1. The lowest BCUT2D eigenvalue weighted by molar-refractivity contribution is -0.138. The Morgan fingerprint density at radius 1 is 1.29 bits per heavy atom. The molecule has 2 saturated heterocycles. The zero-order valence-electron chi connectivity index (χ0n) is 13.4. The summed E-state index contributed by atoms with van der Waals surface area (Å²) in [6.07, 6.45) is 2.32. The standard InChI is InChI=1S/C16H21N3O5/c20-14-4-3-13(19(14)11-12-2-1-7-24-12)16(22)17-10-15(21)18-5-8-23-9-6-18/h1-2,7,13H,3-6,8-11H2,(H,17,22). The van der Waals surface area contributed by atoms with Crippen LogP contribution in [0.4, 0.5) is 0 Å². The maximum absolute atomic E-state index is 12.4. The third-order valence-electron chi connectivity index (χ3n) is 4.31. The molecule has 1 aromatic heterocycles. The largest absolute Gasteiger partial charge is 0.467 e. The zero-order chi connectivity index (χ0) is 16.9. The molecule has 1 atom stereocenters. The molecular weight excluding hydrogens is 314 g/mol. The highest BCUT2D eigenvalue weighted by atomic mass is 16.5. The van der Waals surface area contributed by atoms with E-state index in [1.54, 1.807) is 17.0 Å². The lowest BCUT2D eigenvalue weighted by atomic mass is 10.2. The van der Waals surface area contributed by atoms with Gasteiger partial charge in [0.15, 0.2) is 0 Å². The van der Waals surface area contributed by atoms with Gasteiger partial charge in [-0.05, 0) is 18.6 Å². The van der Waals surface area contributed by atoms with Crippen LogP contribution in [0.1, 0.15) is 18.6 Å². The number of hydrogen-bond acceptors (Lipinski definition) is 5. The minimum atomic E-state index is -0.555. The molecule has 0 aromatic carbocycles. The molecule has 0 spiro atoms. The molecular formula is C16H21N3O5. The van der Waals surface area contributed by atoms with Gasteiger partial charge in [0.1, 0.15) is 11.8 Å². The van der Waals surface area contributed by atoms with Gasteiger partial charge in [0.25, 0.3) is 0 Å². The zero-order valence-corrected chi connectivity index (χ0v) is 13.4. The normalized spacial score (nSPS) is 21.2. The first-order valence-electron chi connectivity index (χ1n) is 8.10. The third kappa shape index (κ3) is 3.76. The van der Waals surface area contributed by atoms with Gasteiger partial charge < -0.3 is 24.3 Å². The number of hydrogen-bond donors (Lipinski definition) is 1. The van der Waals surface area contributed by atoms with Crippen LogP contribution >= 0.6 is 0 Å². The van der Waals surface area contributed by atoms with Crippen molar-refractivity contribution < 1.29 is 23.5 Å². The van der Waals surface area contributed by atoms with E-state index in [4.69, 9.17) is 9.15 Å². The topological polar surface area (TPSA) is 92.1 Å². The molecule has 0 bridgehead atoms. The van der Waals surface area contributed by atoms with Gasteiger partial charge in [-0.15, -0.1) is 0 Å². The van der Waals surface area contributed by atoms with Crippen molar-refractivity contribution in [2.75, 3.05) is 32.8 Å². The van der Waals surface area contributed by atoms with E-state index >= 15 is 0 Å². The molecule has 2 fully saturated rings.